The monoisotopic (exact) mass is 277 g/mol. The smallest absolute Gasteiger partial charge is 0.125 e. The van der Waals surface area contributed by atoms with Gasteiger partial charge in [-0.05, 0) is 40.7 Å². The quantitative estimate of drug-likeness (QED) is 0.912. The summed E-state index contributed by atoms with van der Waals surface area (Å²) in [6, 6.07) is 4.51. The fourth-order valence-electron chi connectivity index (χ4n) is 2.76. The Bertz CT molecular complexity index is 419. The van der Waals surface area contributed by atoms with Crippen molar-refractivity contribution in [1.29, 1.82) is 0 Å². The first-order valence-corrected chi connectivity index (χ1v) is 7.58. The molecule has 1 aliphatic rings. The van der Waals surface area contributed by atoms with Crippen molar-refractivity contribution >= 4 is 0 Å². The molecule has 3 heteroatoms. The first-order valence-electron chi connectivity index (χ1n) is 7.58. The molecular weight excluding hydrogens is 250 g/mol. The maximum absolute atomic E-state index is 5.90. The van der Waals surface area contributed by atoms with Gasteiger partial charge in [0.25, 0.3) is 0 Å². The zero-order valence-corrected chi connectivity index (χ0v) is 13.3. The molecule has 2 rings (SSSR count). The van der Waals surface area contributed by atoms with Gasteiger partial charge >= 0.3 is 0 Å². The van der Waals surface area contributed by atoms with Crippen molar-refractivity contribution in [3.8, 4) is 5.75 Å². The van der Waals surface area contributed by atoms with E-state index in [1.807, 2.05) is 0 Å². The van der Waals surface area contributed by atoms with Gasteiger partial charge in [0.2, 0.25) is 0 Å². The second kappa shape index (κ2) is 6.59. The highest BCUT2D eigenvalue weighted by molar-refractivity contribution is 5.48. The number of rotatable bonds is 4. The molecule has 1 N–H and O–H groups in total. The molecule has 0 bridgehead atoms. The molecule has 112 valence electrons. The van der Waals surface area contributed by atoms with Crippen LogP contribution in [-0.2, 0) is 4.74 Å². The Kier molecular flexibility index (Phi) is 5.06. The number of nitrogens with one attached hydrogen (secondary N) is 1. The van der Waals surface area contributed by atoms with Crippen LogP contribution in [0, 0.1) is 0 Å². The van der Waals surface area contributed by atoms with Crippen molar-refractivity contribution in [1.82, 2.24) is 5.32 Å². The second-order valence-corrected chi connectivity index (χ2v) is 6.11. The highest BCUT2D eigenvalue weighted by Crippen LogP contribution is 2.37. The van der Waals surface area contributed by atoms with Crippen LogP contribution in [0.1, 0.15) is 62.3 Å². The van der Waals surface area contributed by atoms with Gasteiger partial charge in [-0.15, -0.1) is 0 Å². The minimum Gasteiger partial charge on any atom is -0.496 e. The minimum absolute atomic E-state index is 0.157. The van der Waals surface area contributed by atoms with Crippen molar-refractivity contribution in [3.05, 3.63) is 28.8 Å². The molecule has 20 heavy (non-hydrogen) atoms. The average Bonchev–Trinajstić information content (AvgIpc) is 2.46. The minimum atomic E-state index is 0.157. The number of ether oxygens (including phenoxy) is 2. The predicted octanol–water partition coefficient (Wildman–Crippen LogP) is 3.60. The summed E-state index contributed by atoms with van der Waals surface area (Å²) in [5.74, 6) is 1.93. The van der Waals surface area contributed by atoms with Crippen molar-refractivity contribution < 1.29 is 9.47 Å². The van der Waals surface area contributed by atoms with E-state index in [1.54, 1.807) is 7.11 Å². The van der Waals surface area contributed by atoms with Gasteiger partial charge in [0, 0.05) is 13.1 Å². The van der Waals surface area contributed by atoms with Crippen LogP contribution in [0.25, 0.3) is 0 Å². The van der Waals surface area contributed by atoms with Crippen LogP contribution in [0.2, 0.25) is 0 Å². The molecule has 0 saturated carbocycles. The lowest BCUT2D eigenvalue weighted by atomic mass is 9.90. The summed E-state index contributed by atoms with van der Waals surface area (Å²) in [4.78, 5) is 0. The zero-order chi connectivity index (χ0) is 14.7. The van der Waals surface area contributed by atoms with Crippen LogP contribution in [0.3, 0.4) is 0 Å². The average molecular weight is 277 g/mol. The molecule has 1 unspecified atom stereocenters. The summed E-state index contributed by atoms with van der Waals surface area (Å²) in [6.45, 7) is 11.5. The van der Waals surface area contributed by atoms with Gasteiger partial charge < -0.3 is 14.8 Å². The third kappa shape index (κ3) is 3.15. The lowest BCUT2D eigenvalue weighted by Crippen LogP contribution is -2.33. The van der Waals surface area contributed by atoms with Gasteiger partial charge in [-0.25, -0.2) is 0 Å². The molecule has 0 spiro atoms. The fraction of sp³-hybridized carbons (Fsp3) is 0.647. The Hall–Kier alpha value is -1.06. The molecule has 1 heterocycles. The molecule has 1 aromatic rings. The molecular formula is C17H27NO2. The van der Waals surface area contributed by atoms with Crippen molar-refractivity contribution in [2.75, 3.05) is 26.8 Å². The number of morpholine rings is 1. The lowest BCUT2D eigenvalue weighted by Gasteiger charge is -2.27. The maximum atomic E-state index is 5.90. The Balaban J connectivity index is 2.47. The van der Waals surface area contributed by atoms with Gasteiger partial charge in [0.05, 0.1) is 19.8 Å². The van der Waals surface area contributed by atoms with Gasteiger partial charge in [-0.2, -0.15) is 0 Å². The molecule has 1 fully saturated rings. The molecule has 0 aliphatic carbocycles. The van der Waals surface area contributed by atoms with E-state index in [0.717, 1.165) is 25.4 Å². The molecule has 1 saturated heterocycles. The van der Waals surface area contributed by atoms with E-state index < -0.39 is 0 Å². The largest absolute Gasteiger partial charge is 0.496 e. The first kappa shape index (κ1) is 15.3. The number of methoxy groups -OCH3 is 1. The summed E-state index contributed by atoms with van der Waals surface area (Å²) in [5.41, 5.74) is 3.83. The molecule has 1 aromatic carbocycles. The molecule has 1 aliphatic heterocycles. The fourth-order valence-corrected chi connectivity index (χ4v) is 2.76. The van der Waals surface area contributed by atoms with Crippen molar-refractivity contribution in [2.24, 2.45) is 0 Å². The van der Waals surface area contributed by atoms with E-state index in [0.29, 0.717) is 11.8 Å². The van der Waals surface area contributed by atoms with Crippen LogP contribution in [0.5, 0.6) is 5.75 Å². The van der Waals surface area contributed by atoms with Gasteiger partial charge in [-0.3, -0.25) is 0 Å². The Morgan fingerprint density at radius 2 is 1.75 bits per heavy atom. The summed E-state index contributed by atoms with van der Waals surface area (Å²) < 4.78 is 11.6. The molecule has 3 nitrogen and oxygen atoms in total. The van der Waals surface area contributed by atoms with Crippen LogP contribution < -0.4 is 10.1 Å². The zero-order valence-electron chi connectivity index (χ0n) is 13.3. The normalized spacial score (nSPS) is 19.6. The van der Waals surface area contributed by atoms with Crippen LogP contribution >= 0.6 is 0 Å². The van der Waals surface area contributed by atoms with Crippen LogP contribution in [0.4, 0.5) is 0 Å². The van der Waals surface area contributed by atoms with E-state index >= 15 is 0 Å². The third-order valence-corrected chi connectivity index (χ3v) is 3.92. The maximum Gasteiger partial charge on any atom is 0.125 e. The second-order valence-electron chi connectivity index (χ2n) is 6.11. The Morgan fingerprint density at radius 1 is 1.15 bits per heavy atom. The Labute approximate surface area is 122 Å². The summed E-state index contributed by atoms with van der Waals surface area (Å²) in [6.07, 6.45) is 0.157. The summed E-state index contributed by atoms with van der Waals surface area (Å²) in [5, 5.41) is 3.40. The number of benzene rings is 1. The van der Waals surface area contributed by atoms with E-state index in [-0.39, 0.29) is 6.10 Å². The highest BCUT2D eigenvalue weighted by atomic mass is 16.5. The standard InChI is InChI=1S/C17H27NO2/c1-11(2)14-8-13(16-10-18-6-7-20-16)9-15(12(3)4)17(14)19-5/h8-9,11-12,16,18H,6-7,10H2,1-5H3. The van der Waals surface area contributed by atoms with Gasteiger partial charge in [0.1, 0.15) is 5.75 Å². The number of hydrogen-bond donors (Lipinski definition) is 1. The lowest BCUT2D eigenvalue weighted by molar-refractivity contribution is 0.0275. The number of hydrogen-bond acceptors (Lipinski definition) is 3. The molecule has 0 radical (unpaired) electrons. The van der Waals surface area contributed by atoms with Crippen LogP contribution in [0.15, 0.2) is 12.1 Å². The molecule has 0 aromatic heterocycles. The van der Waals surface area contributed by atoms with E-state index in [4.69, 9.17) is 9.47 Å². The molecule has 1 atom stereocenters. The van der Waals surface area contributed by atoms with E-state index in [9.17, 15) is 0 Å². The van der Waals surface area contributed by atoms with Gasteiger partial charge in [0.15, 0.2) is 0 Å². The third-order valence-electron chi connectivity index (χ3n) is 3.92. The summed E-state index contributed by atoms with van der Waals surface area (Å²) in [7, 11) is 1.77. The van der Waals surface area contributed by atoms with Crippen molar-refractivity contribution in [2.45, 2.75) is 45.6 Å². The predicted molar refractivity (Wildman–Crippen MR) is 82.7 cm³/mol. The Morgan fingerprint density at radius 3 is 2.15 bits per heavy atom. The first-order chi connectivity index (χ1) is 9.54. The van der Waals surface area contributed by atoms with Crippen LogP contribution in [-0.4, -0.2) is 26.8 Å². The topological polar surface area (TPSA) is 30.5 Å². The van der Waals surface area contributed by atoms with Gasteiger partial charge in [-0.1, -0.05) is 27.7 Å². The van der Waals surface area contributed by atoms with E-state index in [1.165, 1.54) is 16.7 Å². The molecule has 0 amide bonds. The highest BCUT2D eigenvalue weighted by Gasteiger charge is 2.22. The summed E-state index contributed by atoms with van der Waals surface area (Å²) >= 11 is 0. The van der Waals surface area contributed by atoms with Crippen molar-refractivity contribution in [3.63, 3.8) is 0 Å². The SMILES string of the molecule is COc1c(C(C)C)cc(C2CNCCO2)cc1C(C)C. The van der Waals surface area contributed by atoms with E-state index in [2.05, 4.69) is 45.1 Å².